The van der Waals surface area contributed by atoms with Crippen LogP contribution in [-0.2, 0) is 14.2 Å². The van der Waals surface area contributed by atoms with E-state index in [-0.39, 0.29) is 29.1 Å². The number of fused-ring (bicyclic) bond motifs is 1. The molecule has 2 heterocycles. The van der Waals surface area contributed by atoms with Gasteiger partial charge in [0.1, 0.15) is 6.61 Å². The second-order valence-electron chi connectivity index (χ2n) is 11.0. The average molecular weight is 440 g/mol. The van der Waals surface area contributed by atoms with Crippen molar-refractivity contribution in [2.45, 2.75) is 70.7 Å². The van der Waals surface area contributed by atoms with E-state index in [0.717, 1.165) is 30.0 Å². The van der Waals surface area contributed by atoms with Crippen LogP contribution in [0.4, 0.5) is 0 Å². The van der Waals surface area contributed by atoms with Crippen LogP contribution in [0.25, 0.3) is 10.8 Å². The highest BCUT2D eigenvalue weighted by Crippen LogP contribution is 2.48. The van der Waals surface area contributed by atoms with Crippen LogP contribution >= 0.6 is 0 Å². The summed E-state index contributed by atoms with van der Waals surface area (Å²) in [6.07, 6.45) is 2.45. The number of ether oxygens (including phenoxy) is 3. The van der Waals surface area contributed by atoms with Crippen molar-refractivity contribution in [1.29, 1.82) is 0 Å². The van der Waals surface area contributed by atoms with Crippen LogP contribution in [0, 0.1) is 5.41 Å². The fraction of sp³-hybridized carbons (Fsp3) is 0.593. The molecule has 0 unspecified atom stereocenters. The molecule has 0 N–H and O–H groups in total. The minimum Gasteiger partial charge on any atom is -0.461 e. The van der Waals surface area contributed by atoms with Gasteiger partial charge in [0.05, 0.1) is 24.2 Å². The lowest BCUT2D eigenvalue weighted by molar-refractivity contribution is -0.344. The second-order valence-corrected chi connectivity index (χ2v) is 11.0. The van der Waals surface area contributed by atoms with E-state index in [1.165, 1.54) is 0 Å². The Morgan fingerprint density at radius 3 is 2.16 bits per heavy atom. The molecule has 0 atom stereocenters. The van der Waals surface area contributed by atoms with Crippen molar-refractivity contribution in [2.75, 3.05) is 26.9 Å². The molecule has 2 aliphatic heterocycles. The third-order valence-corrected chi connectivity index (χ3v) is 7.75. The molecular formula is C27H37NO4. The number of likely N-dealkylation sites (tertiary alicyclic amines) is 1. The Hall–Kier alpha value is -1.95. The molecule has 5 nitrogen and oxygen atoms in total. The van der Waals surface area contributed by atoms with Crippen molar-refractivity contribution >= 4 is 16.7 Å². The van der Waals surface area contributed by atoms with Gasteiger partial charge in [0.15, 0.2) is 5.79 Å². The van der Waals surface area contributed by atoms with Gasteiger partial charge in [-0.05, 0) is 64.1 Å². The summed E-state index contributed by atoms with van der Waals surface area (Å²) in [5, 5.41) is 2.14. The molecule has 0 saturated carbocycles. The Labute approximate surface area is 192 Å². The summed E-state index contributed by atoms with van der Waals surface area (Å²) in [5.74, 6) is -0.883. The number of carbonyl (C=O) groups is 1. The fourth-order valence-electron chi connectivity index (χ4n) is 5.30. The first-order valence-corrected chi connectivity index (χ1v) is 11.7. The van der Waals surface area contributed by atoms with Crippen LogP contribution in [0.3, 0.4) is 0 Å². The molecular weight excluding hydrogens is 402 g/mol. The molecule has 0 aromatic heterocycles. The first kappa shape index (κ1) is 23.2. The molecule has 4 rings (SSSR count). The summed E-state index contributed by atoms with van der Waals surface area (Å²) in [6, 6.07) is 13.7. The number of rotatable bonds is 4. The van der Waals surface area contributed by atoms with E-state index in [0.29, 0.717) is 18.8 Å². The molecule has 5 heteroatoms. The lowest BCUT2D eigenvalue weighted by atomic mass is 9.75. The third kappa shape index (κ3) is 4.30. The maximum atomic E-state index is 12.8. The van der Waals surface area contributed by atoms with Crippen LogP contribution in [-0.4, -0.2) is 54.6 Å². The van der Waals surface area contributed by atoms with Gasteiger partial charge in [-0.1, -0.05) is 37.3 Å². The summed E-state index contributed by atoms with van der Waals surface area (Å²) in [4.78, 5) is 15.2. The number of benzene rings is 2. The number of hydrogen-bond donors (Lipinski definition) is 0. The monoisotopic (exact) mass is 439 g/mol. The SMILES string of the molecule is CCC1(COC(=O)c2ccc3ccccc3c2)COC2(CC(C)(C)N(C)C(C)(C)C2)OC1. The summed E-state index contributed by atoms with van der Waals surface area (Å²) >= 11 is 0. The van der Waals surface area contributed by atoms with Gasteiger partial charge in [-0.2, -0.15) is 0 Å². The van der Waals surface area contributed by atoms with Gasteiger partial charge < -0.3 is 14.2 Å². The number of hydrogen-bond acceptors (Lipinski definition) is 5. The van der Waals surface area contributed by atoms with Gasteiger partial charge in [0.2, 0.25) is 0 Å². The molecule has 2 fully saturated rings. The Kier molecular flexibility index (Phi) is 5.89. The maximum absolute atomic E-state index is 12.8. The van der Waals surface area contributed by atoms with Crippen LogP contribution < -0.4 is 0 Å². The highest BCUT2D eigenvalue weighted by atomic mass is 16.7. The van der Waals surface area contributed by atoms with Crippen LogP contribution in [0.1, 0.15) is 64.2 Å². The molecule has 0 amide bonds. The minimum atomic E-state index is -0.583. The molecule has 2 aliphatic rings. The van der Waals surface area contributed by atoms with Crippen molar-refractivity contribution in [3.63, 3.8) is 0 Å². The zero-order chi connectivity index (χ0) is 23.2. The zero-order valence-corrected chi connectivity index (χ0v) is 20.4. The van der Waals surface area contributed by atoms with Crippen molar-refractivity contribution < 1.29 is 19.0 Å². The lowest BCUT2D eigenvalue weighted by Gasteiger charge is -2.59. The van der Waals surface area contributed by atoms with Gasteiger partial charge in [0.25, 0.3) is 0 Å². The summed E-state index contributed by atoms with van der Waals surface area (Å²) in [6.45, 7) is 12.4. The van der Waals surface area contributed by atoms with Crippen molar-refractivity contribution in [2.24, 2.45) is 5.41 Å². The van der Waals surface area contributed by atoms with Crippen molar-refractivity contribution in [1.82, 2.24) is 4.90 Å². The Morgan fingerprint density at radius 2 is 1.56 bits per heavy atom. The summed E-state index contributed by atoms with van der Waals surface area (Å²) < 4.78 is 18.8. The normalized spacial score (nSPS) is 23.8. The van der Waals surface area contributed by atoms with Gasteiger partial charge in [-0.25, -0.2) is 4.79 Å². The first-order valence-electron chi connectivity index (χ1n) is 11.7. The molecule has 1 spiro atoms. The molecule has 0 aliphatic carbocycles. The van der Waals surface area contributed by atoms with E-state index >= 15 is 0 Å². The Morgan fingerprint density at radius 1 is 0.969 bits per heavy atom. The molecule has 2 aromatic rings. The van der Waals surface area contributed by atoms with Gasteiger partial charge in [-0.3, -0.25) is 4.90 Å². The second kappa shape index (κ2) is 8.12. The number of nitrogens with zero attached hydrogens (tertiary/aromatic N) is 1. The van der Waals surface area contributed by atoms with E-state index < -0.39 is 5.79 Å². The van der Waals surface area contributed by atoms with E-state index in [1.807, 2.05) is 42.5 Å². The number of esters is 1. The van der Waals surface area contributed by atoms with Gasteiger partial charge >= 0.3 is 5.97 Å². The maximum Gasteiger partial charge on any atom is 0.338 e. The molecule has 2 aromatic carbocycles. The van der Waals surface area contributed by atoms with Gasteiger partial charge in [-0.15, -0.1) is 0 Å². The smallest absolute Gasteiger partial charge is 0.338 e. The van der Waals surface area contributed by atoms with Crippen LogP contribution in [0.2, 0.25) is 0 Å². The van der Waals surface area contributed by atoms with E-state index in [4.69, 9.17) is 14.2 Å². The van der Waals surface area contributed by atoms with E-state index in [2.05, 4.69) is 46.6 Å². The molecule has 174 valence electrons. The topological polar surface area (TPSA) is 48.0 Å². The molecule has 32 heavy (non-hydrogen) atoms. The Bertz CT molecular complexity index is 968. The van der Waals surface area contributed by atoms with E-state index in [9.17, 15) is 4.79 Å². The first-order chi connectivity index (χ1) is 15.0. The average Bonchev–Trinajstić information content (AvgIpc) is 2.76. The molecule has 0 bridgehead atoms. The molecule has 2 saturated heterocycles. The highest BCUT2D eigenvalue weighted by Gasteiger charge is 2.55. The van der Waals surface area contributed by atoms with Crippen molar-refractivity contribution in [3.05, 3.63) is 48.0 Å². The van der Waals surface area contributed by atoms with Crippen LogP contribution in [0.15, 0.2) is 42.5 Å². The quantitative estimate of drug-likeness (QED) is 0.596. The minimum absolute atomic E-state index is 0.0312. The summed E-state index contributed by atoms with van der Waals surface area (Å²) in [7, 11) is 2.18. The lowest BCUT2D eigenvalue weighted by Crippen LogP contribution is -2.67. The van der Waals surface area contributed by atoms with Crippen LogP contribution in [0.5, 0.6) is 0 Å². The zero-order valence-electron chi connectivity index (χ0n) is 20.4. The third-order valence-electron chi connectivity index (χ3n) is 7.75. The predicted molar refractivity (Wildman–Crippen MR) is 127 cm³/mol. The Balaban J connectivity index is 1.42. The number of carbonyl (C=O) groups excluding carboxylic acids is 1. The van der Waals surface area contributed by atoms with Gasteiger partial charge in [0, 0.05) is 23.9 Å². The fourth-order valence-corrected chi connectivity index (χ4v) is 5.30. The predicted octanol–water partition coefficient (Wildman–Crippen LogP) is 5.42. The largest absolute Gasteiger partial charge is 0.461 e. The summed E-state index contributed by atoms with van der Waals surface area (Å²) in [5.41, 5.74) is 0.186. The molecule has 0 radical (unpaired) electrons. The van der Waals surface area contributed by atoms with E-state index in [1.54, 1.807) is 0 Å². The highest BCUT2D eigenvalue weighted by molar-refractivity contribution is 5.95. The number of piperidine rings is 1. The van der Waals surface area contributed by atoms with Crippen molar-refractivity contribution in [3.8, 4) is 0 Å². The standard InChI is InChI=1S/C27H37NO4/c1-7-26(17-30-23(29)22-13-12-20-10-8-9-11-21(20)14-22)18-31-27(32-19-26)15-24(2,3)28(6)25(4,5)16-27/h8-14H,7,15-19H2,1-6H3.